The Labute approximate surface area is 128 Å². The summed E-state index contributed by atoms with van der Waals surface area (Å²) in [5, 5.41) is 3.69. The molecule has 0 saturated heterocycles. The normalized spacial score (nSPS) is 14.6. The van der Waals surface area contributed by atoms with E-state index >= 15 is 0 Å². The summed E-state index contributed by atoms with van der Waals surface area (Å²) in [5.74, 6) is 0.728. The highest BCUT2D eigenvalue weighted by Gasteiger charge is 2.20. The van der Waals surface area contributed by atoms with Crippen LogP contribution in [0.4, 0.5) is 0 Å². The molecular formula is C17H39N3. The van der Waals surface area contributed by atoms with Gasteiger partial charge in [-0.05, 0) is 47.2 Å². The molecule has 1 unspecified atom stereocenters. The number of nitrogens with zero attached hydrogens (tertiary/aromatic N) is 2. The Bertz CT molecular complexity index is 231. The molecule has 0 aliphatic carbocycles. The minimum absolute atomic E-state index is 0.205. The fourth-order valence-corrected chi connectivity index (χ4v) is 2.39. The van der Waals surface area contributed by atoms with E-state index in [9.17, 15) is 0 Å². The first-order valence-corrected chi connectivity index (χ1v) is 8.29. The number of hydrogen-bond acceptors (Lipinski definition) is 3. The lowest BCUT2D eigenvalue weighted by Gasteiger charge is -2.36. The quantitative estimate of drug-likeness (QED) is 0.665. The van der Waals surface area contributed by atoms with Gasteiger partial charge in [-0.3, -0.25) is 4.90 Å². The van der Waals surface area contributed by atoms with Crippen molar-refractivity contribution in [2.24, 2.45) is 5.92 Å². The highest BCUT2D eigenvalue weighted by molar-refractivity contribution is 4.80. The van der Waals surface area contributed by atoms with Gasteiger partial charge in [-0.25, -0.2) is 0 Å². The van der Waals surface area contributed by atoms with Crippen LogP contribution in [0.1, 0.15) is 54.4 Å². The second-order valence-corrected chi connectivity index (χ2v) is 7.77. The second kappa shape index (κ2) is 9.75. The Morgan fingerprint density at radius 2 is 1.65 bits per heavy atom. The van der Waals surface area contributed by atoms with Crippen molar-refractivity contribution in [3.05, 3.63) is 0 Å². The van der Waals surface area contributed by atoms with Crippen LogP contribution in [0.2, 0.25) is 0 Å². The van der Waals surface area contributed by atoms with Crippen LogP contribution in [-0.2, 0) is 0 Å². The first-order chi connectivity index (χ1) is 9.15. The predicted molar refractivity (Wildman–Crippen MR) is 91.4 cm³/mol. The lowest BCUT2D eigenvalue weighted by molar-refractivity contribution is 0.143. The monoisotopic (exact) mass is 285 g/mol. The number of rotatable bonds is 10. The van der Waals surface area contributed by atoms with E-state index in [2.05, 4.69) is 70.8 Å². The summed E-state index contributed by atoms with van der Waals surface area (Å²) in [6.07, 6.45) is 2.54. The fourth-order valence-electron chi connectivity index (χ4n) is 2.39. The SMILES string of the molecule is CCCC(CNC(C)(C)C)N(CCN(C)C)CC(C)C. The number of hydrogen-bond donors (Lipinski definition) is 1. The number of likely N-dealkylation sites (N-methyl/N-ethyl adjacent to an activating group) is 1. The molecule has 0 radical (unpaired) electrons. The summed E-state index contributed by atoms with van der Waals surface area (Å²) >= 11 is 0. The molecule has 3 heteroatoms. The van der Waals surface area contributed by atoms with E-state index in [4.69, 9.17) is 0 Å². The molecule has 0 amide bonds. The third kappa shape index (κ3) is 10.6. The van der Waals surface area contributed by atoms with E-state index in [1.165, 1.54) is 25.9 Å². The molecule has 20 heavy (non-hydrogen) atoms. The van der Waals surface area contributed by atoms with Gasteiger partial charge >= 0.3 is 0 Å². The lowest BCUT2D eigenvalue weighted by atomic mass is 10.0. The van der Waals surface area contributed by atoms with Gasteiger partial charge in [0.2, 0.25) is 0 Å². The van der Waals surface area contributed by atoms with Crippen LogP contribution in [0, 0.1) is 5.92 Å². The average molecular weight is 286 g/mol. The van der Waals surface area contributed by atoms with Crippen molar-refractivity contribution in [1.29, 1.82) is 0 Å². The zero-order chi connectivity index (χ0) is 15.8. The molecule has 0 saturated carbocycles. The molecular weight excluding hydrogens is 246 g/mol. The molecule has 0 aromatic heterocycles. The minimum Gasteiger partial charge on any atom is -0.311 e. The molecule has 0 rings (SSSR count). The van der Waals surface area contributed by atoms with Gasteiger partial charge in [-0.1, -0.05) is 27.2 Å². The van der Waals surface area contributed by atoms with Crippen molar-refractivity contribution in [3.8, 4) is 0 Å². The molecule has 1 atom stereocenters. The summed E-state index contributed by atoms with van der Waals surface area (Å²) in [6.45, 7) is 18.3. The smallest absolute Gasteiger partial charge is 0.0221 e. The Hall–Kier alpha value is -0.120. The summed E-state index contributed by atoms with van der Waals surface area (Å²) in [6, 6.07) is 0.654. The summed E-state index contributed by atoms with van der Waals surface area (Å²) in [5.41, 5.74) is 0.205. The zero-order valence-corrected chi connectivity index (χ0v) is 15.3. The molecule has 0 fully saturated rings. The van der Waals surface area contributed by atoms with Crippen LogP contribution in [-0.4, -0.2) is 61.7 Å². The molecule has 0 aromatic carbocycles. The molecule has 0 bridgehead atoms. The summed E-state index contributed by atoms with van der Waals surface area (Å²) in [4.78, 5) is 4.97. The molecule has 3 nitrogen and oxygen atoms in total. The van der Waals surface area contributed by atoms with Crippen LogP contribution in [0.25, 0.3) is 0 Å². The Kier molecular flexibility index (Phi) is 9.69. The van der Waals surface area contributed by atoms with E-state index in [-0.39, 0.29) is 5.54 Å². The van der Waals surface area contributed by atoms with Gasteiger partial charge in [-0.15, -0.1) is 0 Å². The molecule has 0 spiro atoms. The second-order valence-electron chi connectivity index (χ2n) is 7.77. The Morgan fingerprint density at radius 3 is 2.05 bits per heavy atom. The average Bonchev–Trinajstić information content (AvgIpc) is 2.28. The van der Waals surface area contributed by atoms with Gasteiger partial charge in [0.15, 0.2) is 0 Å². The Morgan fingerprint density at radius 1 is 1.05 bits per heavy atom. The van der Waals surface area contributed by atoms with E-state index in [0.717, 1.165) is 19.0 Å². The van der Waals surface area contributed by atoms with Gasteiger partial charge in [0.05, 0.1) is 0 Å². The van der Waals surface area contributed by atoms with E-state index < -0.39 is 0 Å². The Balaban J connectivity index is 4.62. The molecule has 122 valence electrons. The van der Waals surface area contributed by atoms with E-state index in [0.29, 0.717) is 6.04 Å². The van der Waals surface area contributed by atoms with Gasteiger partial charge in [0.25, 0.3) is 0 Å². The van der Waals surface area contributed by atoms with Gasteiger partial charge < -0.3 is 10.2 Å². The minimum atomic E-state index is 0.205. The van der Waals surface area contributed by atoms with Crippen molar-refractivity contribution >= 4 is 0 Å². The zero-order valence-electron chi connectivity index (χ0n) is 15.3. The summed E-state index contributed by atoms with van der Waals surface area (Å²) in [7, 11) is 4.32. The maximum absolute atomic E-state index is 3.69. The van der Waals surface area contributed by atoms with Crippen LogP contribution < -0.4 is 5.32 Å². The van der Waals surface area contributed by atoms with Crippen molar-refractivity contribution in [2.75, 3.05) is 40.3 Å². The molecule has 1 N–H and O–H groups in total. The van der Waals surface area contributed by atoms with Crippen molar-refractivity contribution in [1.82, 2.24) is 15.1 Å². The standard InChI is InChI=1S/C17H39N3/c1-9-10-16(13-18-17(4,5)6)20(14-15(2)3)12-11-19(7)8/h15-16,18H,9-14H2,1-8H3. The van der Waals surface area contributed by atoms with Crippen molar-refractivity contribution in [3.63, 3.8) is 0 Å². The maximum atomic E-state index is 3.69. The molecule has 0 aliphatic rings. The summed E-state index contributed by atoms with van der Waals surface area (Å²) < 4.78 is 0. The third-order valence-electron chi connectivity index (χ3n) is 3.44. The van der Waals surface area contributed by atoms with Gasteiger partial charge in [0, 0.05) is 37.8 Å². The van der Waals surface area contributed by atoms with Crippen LogP contribution >= 0.6 is 0 Å². The highest BCUT2D eigenvalue weighted by Crippen LogP contribution is 2.11. The predicted octanol–water partition coefficient (Wildman–Crippen LogP) is 3.06. The van der Waals surface area contributed by atoms with Crippen LogP contribution in [0.3, 0.4) is 0 Å². The third-order valence-corrected chi connectivity index (χ3v) is 3.44. The lowest BCUT2D eigenvalue weighted by Crippen LogP contribution is -2.50. The maximum Gasteiger partial charge on any atom is 0.0221 e. The van der Waals surface area contributed by atoms with E-state index in [1.807, 2.05) is 0 Å². The largest absolute Gasteiger partial charge is 0.311 e. The van der Waals surface area contributed by atoms with Crippen molar-refractivity contribution in [2.45, 2.75) is 66.0 Å². The molecule has 0 aliphatic heterocycles. The first kappa shape index (κ1) is 19.9. The first-order valence-electron chi connectivity index (χ1n) is 8.29. The van der Waals surface area contributed by atoms with Crippen molar-refractivity contribution < 1.29 is 0 Å². The molecule has 0 aromatic rings. The van der Waals surface area contributed by atoms with Gasteiger partial charge in [-0.2, -0.15) is 0 Å². The van der Waals surface area contributed by atoms with E-state index in [1.54, 1.807) is 0 Å². The fraction of sp³-hybridized carbons (Fsp3) is 1.00. The van der Waals surface area contributed by atoms with Crippen LogP contribution in [0.15, 0.2) is 0 Å². The topological polar surface area (TPSA) is 18.5 Å². The number of nitrogens with one attached hydrogen (secondary N) is 1. The molecule has 0 heterocycles. The van der Waals surface area contributed by atoms with Gasteiger partial charge in [0.1, 0.15) is 0 Å². The highest BCUT2D eigenvalue weighted by atomic mass is 15.2. The van der Waals surface area contributed by atoms with Crippen LogP contribution in [0.5, 0.6) is 0 Å².